The highest BCUT2D eigenvalue weighted by atomic mass is 16.7. The molecule has 0 radical (unpaired) electrons. The van der Waals surface area contributed by atoms with Crippen molar-refractivity contribution in [2.24, 2.45) is 0 Å². The summed E-state index contributed by atoms with van der Waals surface area (Å²) in [4.78, 5) is 28.0. The van der Waals surface area contributed by atoms with Crippen LogP contribution in [0.5, 0.6) is 11.5 Å². The molecule has 4 rings (SSSR count). The number of hydrogen-bond acceptors (Lipinski definition) is 6. The van der Waals surface area contributed by atoms with Gasteiger partial charge in [0.1, 0.15) is 5.69 Å². The second-order valence-corrected chi connectivity index (χ2v) is 6.56. The predicted molar refractivity (Wildman–Crippen MR) is 108 cm³/mol. The minimum absolute atomic E-state index is 0.0156. The van der Waals surface area contributed by atoms with Gasteiger partial charge in [0.2, 0.25) is 6.79 Å². The highest BCUT2D eigenvalue weighted by Crippen LogP contribution is 2.32. The average Bonchev–Trinajstić information content (AvgIpc) is 3.20. The molecule has 0 saturated heterocycles. The first-order valence-electron chi connectivity index (χ1n) is 9.09. The van der Waals surface area contributed by atoms with Gasteiger partial charge in [0, 0.05) is 29.7 Å². The monoisotopic (exact) mass is 389 g/mol. The maximum absolute atomic E-state index is 12.5. The number of anilines is 2. The molecule has 0 fully saturated rings. The molecule has 2 heterocycles. The number of fused-ring (bicyclic) bond motifs is 1. The summed E-state index contributed by atoms with van der Waals surface area (Å²) in [6.07, 6.45) is 1.57. The summed E-state index contributed by atoms with van der Waals surface area (Å²) in [5.74, 6) is 1.12. The molecule has 0 spiro atoms. The van der Waals surface area contributed by atoms with Gasteiger partial charge in [-0.15, -0.1) is 0 Å². The largest absolute Gasteiger partial charge is 0.454 e. The summed E-state index contributed by atoms with van der Waals surface area (Å²) in [6.45, 7) is 2.09. The van der Waals surface area contributed by atoms with E-state index in [1.807, 2.05) is 30.3 Å². The molecule has 2 N–H and O–H groups in total. The number of hydrogen-bond donors (Lipinski definition) is 2. The fraction of sp³-hybridized carbons (Fsp3) is 0.136. The third kappa shape index (κ3) is 4.35. The van der Waals surface area contributed by atoms with E-state index in [9.17, 15) is 9.59 Å². The molecule has 7 heteroatoms. The van der Waals surface area contributed by atoms with Crippen molar-refractivity contribution < 1.29 is 19.1 Å². The van der Waals surface area contributed by atoms with Crippen LogP contribution in [0.2, 0.25) is 0 Å². The lowest BCUT2D eigenvalue weighted by atomic mass is 10.1. The van der Waals surface area contributed by atoms with Gasteiger partial charge in [0.15, 0.2) is 17.3 Å². The number of nitrogens with zero attached hydrogens (tertiary/aromatic N) is 1. The fourth-order valence-electron chi connectivity index (χ4n) is 2.91. The Balaban J connectivity index is 1.39. The number of Topliss-reactive ketones (excluding diaryl/α,β-unsaturated/α-hetero) is 1. The van der Waals surface area contributed by atoms with E-state index in [0.717, 1.165) is 16.9 Å². The van der Waals surface area contributed by atoms with Gasteiger partial charge in [0.05, 0.1) is 0 Å². The quantitative estimate of drug-likeness (QED) is 0.625. The smallest absolute Gasteiger partial charge is 0.270 e. The summed E-state index contributed by atoms with van der Waals surface area (Å²) in [6, 6.07) is 16.1. The van der Waals surface area contributed by atoms with Crippen LogP contribution in [0.3, 0.4) is 0 Å². The topological polar surface area (TPSA) is 89.6 Å². The van der Waals surface area contributed by atoms with E-state index >= 15 is 0 Å². The Hall–Kier alpha value is -3.87. The number of aromatic nitrogens is 1. The van der Waals surface area contributed by atoms with Crippen molar-refractivity contribution in [3.8, 4) is 11.5 Å². The van der Waals surface area contributed by atoms with Crippen LogP contribution in [0.1, 0.15) is 33.3 Å². The maximum atomic E-state index is 12.5. The lowest BCUT2D eigenvalue weighted by molar-refractivity contribution is 0.0945. The first kappa shape index (κ1) is 18.5. The summed E-state index contributed by atoms with van der Waals surface area (Å²) in [5.41, 5.74) is 3.39. The van der Waals surface area contributed by atoms with E-state index in [1.54, 1.807) is 30.5 Å². The van der Waals surface area contributed by atoms with Crippen LogP contribution in [0.25, 0.3) is 0 Å². The average molecular weight is 389 g/mol. The van der Waals surface area contributed by atoms with Crippen molar-refractivity contribution in [1.29, 1.82) is 0 Å². The molecule has 0 saturated carbocycles. The van der Waals surface area contributed by atoms with Crippen LogP contribution in [0, 0.1) is 0 Å². The van der Waals surface area contributed by atoms with Crippen molar-refractivity contribution in [2.45, 2.75) is 13.5 Å². The second kappa shape index (κ2) is 8.02. The number of carbonyl (C=O) groups is 2. The number of nitrogens with one attached hydrogen (secondary N) is 2. The SMILES string of the molecule is CC(=O)c1ccc(Nc2ccnc(C(=O)NCc3ccc4c(c3)OCO4)c2)cc1. The first-order valence-corrected chi connectivity index (χ1v) is 9.09. The van der Waals surface area contributed by atoms with Crippen LogP contribution < -0.4 is 20.1 Å². The molecular weight excluding hydrogens is 370 g/mol. The number of carbonyl (C=O) groups excluding carboxylic acids is 2. The van der Waals surface area contributed by atoms with Gasteiger partial charge in [0.25, 0.3) is 5.91 Å². The lowest BCUT2D eigenvalue weighted by Gasteiger charge is -2.09. The summed E-state index contributed by atoms with van der Waals surface area (Å²) in [5, 5.41) is 6.06. The molecular formula is C22H19N3O4. The van der Waals surface area contributed by atoms with Gasteiger partial charge in [-0.2, -0.15) is 0 Å². The number of benzene rings is 2. The molecule has 0 unspecified atom stereocenters. The third-order valence-electron chi connectivity index (χ3n) is 4.46. The number of ether oxygens (including phenoxy) is 2. The van der Waals surface area contributed by atoms with E-state index < -0.39 is 0 Å². The molecule has 0 atom stereocenters. The standard InChI is InChI=1S/C22H19N3O4/c1-14(26)16-3-5-17(6-4-16)25-18-8-9-23-19(11-18)22(27)24-12-15-2-7-20-21(10-15)29-13-28-20/h2-11H,12-13H2,1H3,(H,23,25)(H,24,27). The molecule has 0 bridgehead atoms. The zero-order valence-corrected chi connectivity index (χ0v) is 15.8. The Morgan fingerprint density at radius 1 is 0.966 bits per heavy atom. The van der Waals surface area contributed by atoms with Gasteiger partial charge >= 0.3 is 0 Å². The van der Waals surface area contributed by atoms with Crippen molar-refractivity contribution >= 4 is 23.1 Å². The summed E-state index contributed by atoms with van der Waals surface area (Å²) < 4.78 is 10.6. The Morgan fingerprint density at radius 2 is 1.76 bits per heavy atom. The minimum Gasteiger partial charge on any atom is -0.454 e. The van der Waals surface area contributed by atoms with Crippen molar-refractivity contribution in [3.63, 3.8) is 0 Å². The van der Waals surface area contributed by atoms with E-state index in [4.69, 9.17) is 9.47 Å². The zero-order chi connectivity index (χ0) is 20.2. The molecule has 1 aromatic heterocycles. The van der Waals surface area contributed by atoms with Crippen molar-refractivity contribution in [2.75, 3.05) is 12.1 Å². The Labute approximate surface area is 167 Å². The van der Waals surface area contributed by atoms with E-state index in [-0.39, 0.29) is 18.5 Å². The molecule has 29 heavy (non-hydrogen) atoms. The predicted octanol–water partition coefficient (Wildman–Crippen LogP) is 3.69. The molecule has 1 amide bonds. The molecule has 1 aliphatic rings. The molecule has 7 nitrogen and oxygen atoms in total. The molecule has 1 aliphatic heterocycles. The Kier molecular flexibility index (Phi) is 5.11. The fourth-order valence-corrected chi connectivity index (χ4v) is 2.91. The summed E-state index contributed by atoms with van der Waals surface area (Å²) in [7, 11) is 0. The van der Waals surface area contributed by atoms with Crippen LogP contribution >= 0.6 is 0 Å². The van der Waals surface area contributed by atoms with E-state index in [0.29, 0.717) is 29.3 Å². The number of amides is 1. The zero-order valence-electron chi connectivity index (χ0n) is 15.8. The van der Waals surface area contributed by atoms with Crippen LogP contribution in [0.4, 0.5) is 11.4 Å². The maximum Gasteiger partial charge on any atom is 0.270 e. The van der Waals surface area contributed by atoms with Crippen LogP contribution in [0.15, 0.2) is 60.8 Å². The normalized spacial score (nSPS) is 11.8. The number of ketones is 1. The summed E-state index contributed by atoms with van der Waals surface area (Å²) >= 11 is 0. The van der Waals surface area contributed by atoms with Gasteiger partial charge in [-0.05, 0) is 61.0 Å². The first-order chi connectivity index (χ1) is 14.1. The Morgan fingerprint density at radius 3 is 2.55 bits per heavy atom. The Bertz CT molecular complexity index is 1060. The number of rotatable bonds is 6. The van der Waals surface area contributed by atoms with Gasteiger partial charge < -0.3 is 20.1 Å². The van der Waals surface area contributed by atoms with Gasteiger partial charge in [-0.25, -0.2) is 0 Å². The van der Waals surface area contributed by atoms with Crippen LogP contribution in [-0.4, -0.2) is 23.5 Å². The van der Waals surface area contributed by atoms with Crippen LogP contribution in [-0.2, 0) is 6.54 Å². The second-order valence-electron chi connectivity index (χ2n) is 6.56. The van der Waals surface area contributed by atoms with Gasteiger partial charge in [-0.1, -0.05) is 6.07 Å². The lowest BCUT2D eigenvalue weighted by Crippen LogP contribution is -2.23. The van der Waals surface area contributed by atoms with E-state index in [2.05, 4.69) is 15.6 Å². The molecule has 2 aromatic carbocycles. The van der Waals surface area contributed by atoms with Gasteiger partial charge in [-0.3, -0.25) is 14.6 Å². The van der Waals surface area contributed by atoms with Crippen molar-refractivity contribution in [1.82, 2.24) is 10.3 Å². The number of pyridine rings is 1. The molecule has 0 aliphatic carbocycles. The molecule has 146 valence electrons. The van der Waals surface area contributed by atoms with Crippen molar-refractivity contribution in [3.05, 3.63) is 77.6 Å². The molecule has 3 aromatic rings. The highest BCUT2D eigenvalue weighted by molar-refractivity contribution is 5.94. The minimum atomic E-state index is -0.279. The van der Waals surface area contributed by atoms with E-state index in [1.165, 1.54) is 6.92 Å². The highest BCUT2D eigenvalue weighted by Gasteiger charge is 2.14. The third-order valence-corrected chi connectivity index (χ3v) is 4.46.